The highest BCUT2D eigenvalue weighted by Crippen LogP contribution is 2.33. The summed E-state index contributed by atoms with van der Waals surface area (Å²) in [6.07, 6.45) is 10.8. The van der Waals surface area contributed by atoms with E-state index in [2.05, 4.69) is 44.7 Å². The van der Waals surface area contributed by atoms with Gasteiger partial charge >= 0.3 is 0 Å². The fourth-order valence-corrected chi connectivity index (χ4v) is 3.77. The maximum Gasteiger partial charge on any atom is 0.139 e. The highest BCUT2D eigenvalue weighted by Gasteiger charge is 2.24. The number of hydrogen-bond acceptors (Lipinski definition) is 3. The summed E-state index contributed by atoms with van der Waals surface area (Å²) in [4.78, 5) is 12.2. The highest BCUT2D eigenvalue weighted by atomic mass is 15.1. The SMILES string of the molecule is CC(C)CN[C@H]1CC[C@H](n2cnc3cnc4[nH]ccc4c32)CC1. The average Bonchev–Trinajstić information content (AvgIpc) is 3.19. The minimum Gasteiger partial charge on any atom is -0.346 e. The summed E-state index contributed by atoms with van der Waals surface area (Å²) in [6.45, 7) is 5.66. The van der Waals surface area contributed by atoms with Crippen LogP contribution in [0.1, 0.15) is 45.6 Å². The largest absolute Gasteiger partial charge is 0.346 e. The van der Waals surface area contributed by atoms with E-state index in [0.717, 1.165) is 23.6 Å². The van der Waals surface area contributed by atoms with E-state index < -0.39 is 0 Å². The number of fused-ring (bicyclic) bond motifs is 3. The Morgan fingerprint density at radius 2 is 2.09 bits per heavy atom. The Morgan fingerprint density at radius 1 is 1.26 bits per heavy atom. The van der Waals surface area contributed by atoms with Gasteiger partial charge < -0.3 is 14.9 Å². The number of pyridine rings is 1. The van der Waals surface area contributed by atoms with Crippen molar-refractivity contribution >= 4 is 22.1 Å². The van der Waals surface area contributed by atoms with Crippen LogP contribution in [0.5, 0.6) is 0 Å². The van der Waals surface area contributed by atoms with Gasteiger partial charge in [0.1, 0.15) is 11.2 Å². The van der Waals surface area contributed by atoms with Crippen molar-refractivity contribution in [1.82, 2.24) is 24.8 Å². The van der Waals surface area contributed by atoms with Gasteiger partial charge in [0.05, 0.1) is 18.0 Å². The Hall–Kier alpha value is -1.88. The van der Waals surface area contributed by atoms with Gasteiger partial charge in [0.2, 0.25) is 0 Å². The Balaban J connectivity index is 1.55. The molecule has 0 radical (unpaired) electrons. The molecule has 5 nitrogen and oxygen atoms in total. The van der Waals surface area contributed by atoms with E-state index in [1.54, 1.807) is 0 Å². The smallest absolute Gasteiger partial charge is 0.139 e. The Kier molecular flexibility index (Phi) is 3.81. The first kappa shape index (κ1) is 14.7. The summed E-state index contributed by atoms with van der Waals surface area (Å²) in [5, 5.41) is 4.89. The van der Waals surface area contributed by atoms with Crippen molar-refractivity contribution in [3.8, 4) is 0 Å². The molecule has 0 saturated heterocycles. The molecule has 0 bridgehead atoms. The molecule has 0 unspecified atom stereocenters. The Labute approximate surface area is 136 Å². The normalized spacial score (nSPS) is 22.4. The molecule has 2 N–H and O–H groups in total. The lowest BCUT2D eigenvalue weighted by atomic mass is 9.90. The number of aromatic nitrogens is 4. The first-order valence-electron chi connectivity index (χ1n) is 8.74. The van der Waals surface area contributed by atoms with Gasteiger partial charge in [-0.1, -0.05) is 13.8 Å². The van der Waals surface area contributed by atoms with E-state index in [-0.39, 0.29) is 0 Å². The van der Waals surface area contributed by atoms with Crippen LogP contribution in [0.25, 0.3) is 22.1 Å². The van der Waals surface area contributed by atoms with E-state index in [4.69, 9.17) is 0 Å². The lowest BCUT2D eigenvalue weighted by molar-refractivity contribution is 0.289. The van der Waals surface area contributed by atoms with E-state index in [9.17, 15) is 0 Å². The third-order valence-corrected chi connectivity index (χ3v) is 5.02. The molecule has 3 heterocycles. The van der Waals surface area contributed by atoms with Crippen LogP contribution in [0.4, 0.5) is 0 Å². The molecule has 4 rings (SSSR count). The monoisotopic (exact) mass is 311 g/mol. The van der Waals surface area contributed by atoms with Gasteiger partial charge in [0.25, 0.3) is 0 Å². The molecular formula is C18H25N5. The van der Waals surface area contributed by atoms with Crippen molar-refractivity contribution in [3.05, 3.63) is 24.8 Å². The maximum atomic E-state index is 4.57. The van der Waals surface area contributed by atoms with Crippen molar-refractivity contribution in [2.45, 2.75) is 51.6 Å². The number of nitrogens with zero attached hydrogens (tertiary/aromatic N) is 3. The lowest BCUT2D eigenvalue weighted by Crippen LogP contribution is -2.35. The van der Waals surface area contributed by atoms with Crippen LogP contribution in [-0.2, 0) is 0 Å². The van der Waals surface area contributed by atoms with Crippen LogP contribution in [0, 0.1) is 5.92 Å². The van der Waals surface area contributed by atoms with Crippen molar-refractivity contribution in [1.29, 1.82) is 0 Å². The number of rotatable bonds is 4. The van der Waals surface area contributed by atoms with Crippen molar-refractivity contribution in [2.24, 2.45) is 5.92 Å². The first-order chi connectivity index (χ1) is 11.2. The van der Waals surface area contributed by atoms with Crippen LogP contribution in [0.3, 0.4) is 0 Å². The molecule has 1 aliphatic rings. The quantitative estimate of drug-likeness (QED) is 0.773. The molecule has 0 aliphatic heterocycles. The fraction of sp³-hybridized carbons (Fsp3) is 0.556. The van der Waals surface area contributed by atoms with Gasteiger partial charge in [-0.2, -0.15) is 0 Å². The molecule has 3 aromatic heterocycles. The van der Waals surface area contributed by atoms with Gasteiger partial charge in [-0.3, -0.25) is 0 Å². The lowest BCUT2D eigenvalue weighted by Gasteiger charge is -2.31. The fourth-order valence-electron chi connectivity index (χ4n) is 3.77. The van der Waals surface area contributed by atoms with Crippen LogP contribution in [0.15, 0.2) is 24.8 Å². The number of nitrogens with one attached hydrogen (secondary N) is 2. The van der Waals surface area contributed by atoms with Gasteiger partial charge in [-0.25, -0.2) is 9.97 Å². The van der Waals surface area contributed by atoms with Gasteiger partial charge in [0, 0.05) is 23.7 Å². The third kappa shape index (κ3) is 2.74. The molecule has 1 fully saturated rings. The summed E-state index contributed by atoms with van der Waals surface area (Å²) < 4.78 is 2.38. The van der Waals surface area contributed by atoms with E-state index in [1.807, 2.05) is 18.7 Å². The molecule has 122 valence electrons. The second-order valence-corrected chi connectivity index (χ2v) is 7.19. The average molecular weight is 311 g/mol. The minimum absolute atomic E-state index is 0.553. The number of hydrogen-bond donors (Lipinski definition) is 2. The summed E-state index contributed by atoms with van der Waals surface area (Å²) in [5.41, 5.74) is 3.18. The highest BCUT2D eigenvalue weighted by molar-refractivity contribution is 6.00. The minimum atomic E-state index is 0.553. The Bertz CT molecular complexity index is 792. The van der Waals surface area contributed by atoms with Crippen molar-refractivity contribution in [3.63, 3.8) is 0 Å². The number of imidazole rings is 1. The van der Waals surface area contributed by atoms with Crippen LogP contribution < -0.4 is 5.32 Å². The topological polar surface area (TPSA) is 58.5 Å². The molecular weight excluding hydrogens is 286 g/mol. The van der Waals surface area contributed by atoms with Crippen molar-refractivity contribution < 1.29 is 0 Å². The van der Waals surface area contributed by atoms with Crippen LogP contribution in [-0.4, -0.2) is 32.1 Å². The molecule has 1 saturated carbocycles. The molecule has 5 heteroatoms. The second kappa shape index (κ2) is 5.96. The predicted molar refractivity (Wildman–Crippen MR) is 93.5 cm³/mol. The molecule has 0 amide bonds. The predicted octanol–water partition coefficient (Wildman–Crippen LogP) is 3.64. The number of H-pyrrole nitrogens is 1. The maximum absolute atomic E-state index is 4.57. The Morgan fingerprint density at radius 3 is 2.87 bits per heavy atom. The first-order valence-corrected chi connectivity index (χ1v) is 8.74. The van der Waals surface area contributed by atoms with E-state index in [1.165, 1.54) is 36.6 Å². The molecule has 3 aromatic rings. The molecule has 0 aromatic carbocycles. The zero-order chi connectivity index (χ0) is 15.8. The van der Waals surface area contributed by atoms with Crippen LogP contribution in [0.2, 0.25) is 0 Å². The van der Waals surface area contributed by atoms with Gasteiger partial charge in [0.15, 0.2) is 0 Å². The summed E-state index contributed by atoms with van der Waals surface area (Å²) >= 11 is 0. The van der Waals surface area contributed by atoms with Crippen LogP contribution >= 0.6 is 0 Å². The summed E-state index contributed by atoms with van der Waals surface area (Å²) in [7, 11) is 0. The second-order valence-electron chi connectivity index (χ2n) is 7.19. The van der Waals surface area contributed by atoms with E-state index in [0.29, 0.717) is 12.1 Å². The van der Waals surface area contributed by atoms with Crippen molar-refractivity contribution in [2.75, 3.05) is 6.54 Å². The van der Waals surface area contributed by atoms with Gasteiger partial charge in [-0.15, -0.1) is 0 Å². The number of aromatic amines is 1. The van der Waals surface area contributed by atoms with Gasteiger partial charge in [-0.05, 0) is 44.2 Å². The molecule has 0 spiro atoms. The standard InChI is InChI=1S/C18H25N5/c1-12(2)9-20-13-3-5-14(6-4-13)23-11-22-16-10-21-18-15(17(16)23)7-8-19-18/h7-8,10-14,20H,3-6,9H2,1-2H3,(H,19,21)/t13-,14-. The zero-order valence-corrected chi connectivity index (χ0v) is 13.9. The zero-order valence-electron chi connectivity index (χ0n) is 13.9. The van der Waals surface area contributed by atoms with E-state index >= 15 is 0 Å². The summed E-state index contributed by atoms with van der Waals surface area (Å²) in [6, 6.07) is 3.34. The molecule has 0 atom stereocenters. The molecule has 1 aliphatic carbocycles. The third-order valence-electron chi connectivity index (χ3n) is 5.02. The molecule has 23 heavy (non-hydrogen) atoms. The summed E-state index contributed by atoms with van der Waals surface area (Å²) in [5.74, 6) is 0.722.